The van der Waals surface area contributed by atoms with Crippen molar-refractivity contribution in [3.05, 3.63) is 24.3 Å². The molecule has 0 aromatic rings. The number of rotatable bonds is 2. The van der Waals surface area contributed by atoms with Crippen molar-refractivity contribution >= 4 is 5.78 Å². The largest absolute Gasteiger partial charge is 0.301 e. The van der Waals surface area contributed by atoms with Gasteiger partial charge in [-0.05, 0) is 18.9 Å². The Morgan fingerprint density at radius 2 is 1.93 bits per heavy atom. The molecule has 1 atom stereocenters. The van der Waals surface area contributed by atoms with Crippen LogP contribution in [0, 0.1) is 0 Å². The van der Waals surface area contributed by atoms with Crippen molar-refractivity contribution in [3.8, 4) is 0 Å². The van der Waals surface area contributed by atoms with E-state index in [1.807, 2.05) is 12.2 Å². The fraction of sp³-hybridized carbons (Fsp3) is 0.583. The van der Waals surface area contributed by atoms with E-state index in [-0.39, 0.29) is 11.8 Å². The molecule has 1 unspecified atom stereocenters. The maximum atomic E-state index is 11.5. The summed E-state index contributed by atoms with van der Waals surface area (Å²) in [6.07, 6.45) is 13.8. The van der Waals surface area contributed by atoms with Crippen LogP contribution in [0.2, 0.25) is 0 Å². The molecule has 0 bridgehead atoms. The number of carbonyl (C=O) groups excluding carboxylic acids is 1. The fourth-order valence-corrected chi connectivity index (χ4v) is 2.19. The van der Waals surface area contributed by atoms with Crippen molar-refractivity contribution in [2.45, 2.75) is 44.2 Å². The van der Waals surface area contributed by atoms with Crippen LogP contribution in [0.25, 0.3) is 0 Å². The summed E-state index contributed by atoms with van der Waals surface area (Å²) in [4.78, 5) is 11.5. The molecule has 76 valence electrons. The summed E-state index contributed by atoms with van der Waals surface area (Å²) in [6, 6.07) is 0.483. The van der Waals surface area contributed by atoms with Gasteiger partial charge in [-0.3, -0.25) is 4.79 Å². The minimum Gasteiger partial charge on any atom is -0.301 e. The molecule has 0 radical (unpaired) electrons. The monoisotopic (exact) mass is 191 g/mol. The van der Waals surface area contributed by atoms with Crippen molar-refractivity contribution in [3.63, 3.8) is 0 Å². The van der Waals surface area contributed by atoms with Gasteiger partial charge in [-0.1, -0.05) is 37.5 Å². The van der Waals surface area contributed by atoms with E-state index in [1.54, 1.807) is 12.2 Å². The molecule has 2 aliphatic rings. The number of hydrogen-bond acceptors (Lipinski definition) is 2. The second kappa shape index (κ2) is 4.56. The molecule has 1 fully saturated rings. The number of hydrogen-bond donors (Lipinski definition) is 1. The molecular weight excluding hydrogens is 174 g/mol. The molecule has 0 aromatic heterocycles. The van der Waals surface area contributed by atoms with Crippen molar-refractivity contribution in [1.29, 1.82) is 0 Å². The molecule has 1 saturated carbocycles. The van der Waals surface area contributed by atoms with Crippen molar-refractivity contribution in [1.82, 2.24) is 5.32 Å². The highest BCUT2D eigenvalue weighted by molar-refractivity contribution is 5.97. The highest BCUT2D eigenvalue weighted by Gasteiger charge is 2.20. The van der Waals surface area contributed by atoms with Crippen LogP contribution in [0.5, 0.6) is 0 Å². The van der Waals surface area contributed by atoms with E-state index < -0.39 is 0 Å². The first kappa shape index (κ1) is 9.66. The lowest BCUT2D eigenvalue weighted by Gasteiger charge is -2.26. The topological polar surface area (TPSA) is 29.1 Å². The fourth-order valence-electron chi connectivity index (χ4n) is 2.19. The third kappa shape index (κ3) is 2.32. The summed E-state index contributed by atoms with van der Waals surface area (Å²) >= 11 is 0. The van der Waals surface area contributed by atoms with E-state index in [1.165, 1.54) is 32.1 Å². The number of carbonyl (C=O) groups is 1. The molecule has 0 amide bonds. The summed E-state index contributed by atoms with van der Waals surface area (Å²) in [5.74, 6) is 0.193. The van der Waals surface area contributed by atoms with Gasteiger partial charge >= 0.3 is 0 Å². The Kier molecular flexibility index (Phi) is 3.14. The van der Waals surface area contributed by atoms with Crippen LogP contribution in [0.4, 0.5) is 0 Å². The lowest BCUT2D eigenvalue weighted by Crippen LogP contribution is -2.43. The summed E-state index contributed by atoms with van der Waals surface area (Å²) in [7, 11) is 0. The summed E-state index contributed by atoms with van der Waals surface area (Å²) < 4.78 is 0. The third-order valence-electron chi connectivity index (χ3n) is 3.00. The zero-order valence-electron chi connectivity index (χ0n) is 8.41. The molecule has 0 aromatic carbocycles. The normalized spacial score (nSPS) is 28.3. The Morgan fingerprint density at radius 3 is 2.64 bits per heavy atom. The van der Waals surface area contributed by atoms with Crippen LogP contribution in [-0.2, 0) is 4.79 Å². The third-order valence-corrected chi connectivity index (χ3v) is 3.00. The number of ketones is 1. The minimum absolute atomic E-state index is 0.0666. The number of allylic oxidation sites excluding steroid dienone is 2. The maximum absolute atomic E-state index is 11.5. The molecule has 0 heterocycles. The average Bonchev–Trinajstić information content (AvgIpc) is 2.23. The quantitative estimate of drug-likeness (QED) is 0.723. The summed E-state index contributed by atoms with van der Waals surface area (Å²) in [5.41, 5.74) is 0. The summed E-state index contributed by atoms with van der Waals surface area (Å²) in [5, 5.41) is 3.42. The Balaban J connectivity index is 1.87. The van der Waals surface area contributed by atoms with E-state index in [9.17, 15) is 4.79 Å². The van der Waals surface area contributed by atoms with E-state index in [4.69, 9.17) is 0 Å². The molecule has 2 heteroatoms. The molecule has 1 N–H and O–H groups in total. The Morgan fingerprint density at radius 1 is 1.14 bits per heavy atom. The Bertz CT molecular complexity index is 261. The molecule has 2 aliphatic carbocycles. The first-order chi connectivity index (χ1) is 6.86. The van der Waals surface area contributed by atoms with E-state index in [2.05, 4.69) is 5.32 Å². The molecule has 14 heavy (non-hydrogen) atoms. The van der Waals surface area contributed by atoms with Gasteiger partial charge in [-0.2, -0.15) is 0 Å². The predicted octanol–water partition coefficient (Wildman–Crippen LogP) is 1.97. The molecule has 0 spiro atoms. The van der Waals surface area contributed by atoms with Crippen molar-refractivity contribution in [2.75, 3.05) is 0 Å². The Labute approximate surface area is 85.1 Å². The van der Waals surface area contributed by atoms with Crippen LogP contribution in [0.3, 0.4) is 0 Å². The predicted molar refractivity (Wildman–Crippen MR) is 57.1 cm³/mol. The van der Waals surface area contributed by atoms with Gasteiger partial charge in [0.15, 0.2) is 5.78 Å². The lowest BCUT2D eigenvalue weighted by atomic mass is 9.94. The standard InChI is InChI=1S/C12H17NO/c14-12-9-5-4-8-11(12)13-10-6-2-1-3-7-10/h4-5,8-11,13H,1-3,6-7H2. The number of nitrogens with one attached hydrogen (secondary N) is 1. The second-order valence-corrected chi connectivity index (χ2v) is 4.13. The molecule has 0 aliphatic heterocycles. The van der Waals surface area contributed by atoms with Gasteiger partial charge in [-0.15, -0.1) is 0 Å². The molecule has 2 nitrogen and oxygen atoms in total. The smallest absolute Gasteiger partial charge is 0.176 e. The summed E-state index contributed by atoms with van der Waals surface area (Å²) in [6.45, 7) is 0. The first-order valence-electron chi connectivity index (χ1n) is 5.51. The van der Waals surface area contributed by atoms with E-state index >= 15 is 0 Å². The minimum atomic E-state index is -0.0666. The van der Waals surface area contributed by atoms with Crippen LogP contribution >= 0.6 is 0 Å². The first-order valence-corrected chi connectivity index (χ1v) is 5.51. The SMILES string of the molecule is O=C1C=CC=CC1NC1CCCCC1. The van der Waals surface area contributed by atoms with Crippen LogP contribution in [-0.4, -0.2) is 17.9 Å². The van der Waals surface area contributed by atoms with Gasteiger partial charge in [0.2, 0.25) is 0 Å². The van der Waals surface area contributed by atoms with Gasteiger partial charge in [0, 0.05) is 6.04 Å². The molecule has 2 rings (SSSR count). The highest BCUT2D eigenvalue weighted by Crippen LogP contribution is 2.18. The molecule has 0 saturated heterocycles. The van der Waals surface area contributed by atoms with Crippen LogP contribution in [0.15, 0.2) is 24.3 Å². The highest BCUT2D eigenvalue weighted by atomic mass is 16.1. The Hall–Kier alpha value is -0.890. The van der Waals surface area contributed by atoms with Crippen molar-refractivity contribution in [2.24, 2.45) is 0 Å². The van der Waals surface area contributed by atoms with Crippen molar-refractivity contribution < 1.29 is 4.79 Å². The van der Waals surface area contributed by atoms with Crippen LogP contribution < -0.4 is 5.32 Å². The average molecular weight is 191 g/mol. The van der Waals surface area contributed by atoms with Crippen LogP contribution in [0.1, 0.15) is 32.1 Å². The zero-order valence-corrected chi connectivity index (χ0v) is 8.41. The van der Waals surface area contributed by atoms with Gasteiger partial charge in [0.25, 0.3) is 0 Å². The van der Waals surface area contributed by atoms with E-state index in [0.717, 1.165) is 0 Å². The van der Waals surface area contributed by atoms with Gasteiger partial charge in [0.1, 0.15) is 0 Å². The van der Waals surface area contributed by atoms with Gasteiger partial charge in [0.05, 0.1) is 6.04 Å². The molecular formula is C12H17NO. The van der Waals surface area contributed by atoms with Gasteiger partial charge in [-0.25, -0.2) is 0 Å². The van der Waals surface area contributed by atoms with E-state index in [0.29, 0.717) is 6.04 Å². The second-order valence-electron chi connectivity index (χ2n) is 4.13. The lowest BCUT2D eigenvalue weighted by molar-refractivity contribution is -0.115. The maximum Gasteiger partial charge on any atom is 0.176 e. The zero-order chi connectivity index (χ0) is 9.80. The van der Waals surface area contributed by atoms with Gasteiger partial charge < -0.3 is 5.32 Å².